The van der Waals surface area contributed by atoms with Crippen LogP contribution in [0.3, 0.4) is 0 Å². The minimum Gasteiger partial charge on any atom is -0.413 e. The predicted molar refractivity (Wildman–Crippen MR) is 205 cm³/mol. The van der Waals surface area contributed by atoms with Crippen molar-refractivity contribution >= 4 is 16.6 Å². The summed E-state index contributed by atoms with van der Waals surface area (Å²) in [5.41, 5.74) is 4.48. The Kier molecular flexibility index (Phi) is 13.7. The summed E-state index contributed by atoms with van der Waals surface area (Å²) in [6.45, 7) is 38.4. The van der Waals surface area contributed by atoms with Gasteiger partial charge in [0.25, 0.3) is 0 Å². The lowest BCUT2D eigenvalue weighted by molar-refractivity contribution is -0.0970. The first-order valence-corrected chi connectivity index (χ1v) is 24.6. The number of fused-ring (bicyclic) bond motifs is 1. The van der Waals surface area contributed by atoms with Crippen LogP contribution in [0.15, 0.2) is 35.5 Å². The molecule has 268 valence electrons. The molecule has 0 unspecified atom stereocenters. The largest absolute Gasteiger partial charge is 0.413 e. The molecule has 0 aromatic rings. The van der Waals surface area contributed by atoms with E-state index in [-0.39, 0.29) is 22.3 Å². The van der Waals surface area contributed by atoms with Crippen LogP contribution in [-0.4, -0.2) is 48.3 Å². The lowest BCUT2D eigenvalue weighted by Gasteiger charge is -2.45. The smallest absolute Gasteiger partial charge is 0.222 e. The monoisotopic (exact) mass is 684 g/mol. The quantitative estimate of drug-likeness (QED) is 0.123. The molecule has 0 aliphatic heterocycles. The number of rotatable bonds is 11. The minimum absolute atomic E-state index is 0.0172. The predicted octanol–water partition coefficient (Wildman–Crippen LogP) is 11.6. The van der Waals surface area contributed by atoms with Gasteiger partial charge in [-0.1, -0.05) is 85.6 Å². The van der Waals surface area contributed by atoms with Gasteiger partial charge in [-0.25, -0.2) is 0 Å². The molecule has 0 heterocycles. The van der Waals surface area contributed by atoms with Crippen LogP contribution in [0.2, 0.25) is 36.3 Å². The highest BCUT2D eigenvalue weighted by Crippen LogP contribution is 2.60. The summed E-state index contributed by atoms with van der Waals surface area (Å²) in [7, 11) is -3.92. The van der Waals surface area contributed by atoms with Crippen molar-refractivity contribution in [3.63, 3.8) is 0 Å². The molecule has 3 rings (SSSR count). The standard InChI is InChI=1S/C41H72O4Si2/c1-16-42-38(43-17-2)22-18-20-30(3)35-25-26-36-32(21-19-27-41(35,36)11)23-24-33-28-34(44-46(12,13)39(5,6)7)29-37(31(33)4)45-47(14,15)40(8,9)10/h23-24,30,34-38H,4,16-17,19-21,25-29H2,1-3,5-15H3/b32-23+,33-24-/t30-,34-,35-,36+,37+,41-/m1/s1. The van der Waals surface area contributed by atoms with Crippen LogP contribution in [0.25, 0.3) is 0 Å². The van der Waals surface area contributed by atoms with E-state index in [2.05, 4.69) is 106 Å². The fraction of sp³-hybridized carbons (Fsp3) is 0.805. The fourth-order valence-electron chi connectivity index (χ4n) is 7.86. The Morgan fingerprint density at radius 1 is 0.936 bits per heavy atom. The van der Waals surface area contributed by atoms with E-state index in [1.54, 1.807) is 5.57 Å². The maximum absolute atomic E-state index is 7.09. The van der Waals surface area contributed by atoms with Gasteiger partial charge in [0.05, 0.1) is 12.2 Å². The number of hydrogen-bond donors (Lipinski definition) is 0. The van der Waals surface area contributed by atoms with Crippen molar-refractivity contribution in [1.82, 2.24) is 0 Å². The summed E-state index contributed by atoms with van der Waals surface area (Å²) in [5.74, 6) is 8.56. The molecule has 0 spiro atoms. The van der Waals surface area contributed by atoms with E-state index in [0.29, 0.717) is 36.4 Å². The van der Waals surface area contributed by atoms with E-state index in [0.717, 1.165) is 19.3 Å². The summed E-state index contributed by atoms with van der Waals surface area (Å²) in [6.07, 6.45) is 13.8. The van der Waals surface area contributed by atoms with E-state index < -0.39 is 22.9 Å². The van der Waals surface area contributed by atoms with Gasteiger partial charge in [0.15, 0.2) is 16.6 Å². The molecule has 47 heavy (non-hydrogen) atoms. The van der Waals surface area contributed by atoms with Gasteiger partial charge < -0.3 is 18.3 Å². The first-order valence-electron chi connectivity index (χ1n) is 18.8. The molecule has 0 bridgehead atoms. The Balaban J connectivity index is 1.85. The average Bonchev–Trinajstić information content (AvgIpc) is 3.30. The third-order valence-corrected chi connectivity index (χ3v) is 21.8. The van der Waals surface area contributed by atoms with Gasteiger partial charge in [-0.05, 0) is 129 Å². The minimum atomic E-state index is -1.99. The van der Waals surface area contributed by atoms with E-state index in [9.17, 15) is 0 Å². The summed E-state index contributed by atoms with van der Waals surface area (Å²) >= 11 is 0. The average molecular weight is 685 g/mol. The third kappa shape index (κ3) is 9.86. The molecule has 0 radical (unpaired) electrons. The van der Waals surface area contributed by atoms with Crippen molar-refractivity contribution in [2.24, 2.45) is 23.2 Å². The van der Waals surface area contributed by atoms with E-state index in [4.69, 9.17) is 24.9 Å². The lowest BCUT2D eigenvalue weighted by Crippen LogP contribution is -2.49. The first-order chi connectivity index (χ1) is 21.7. The van der Waals surface area contributed by atoms with E-state index >= 15 is 0 Å². The molecule has 3 aliphatic rings. The van der Waals surface area contributed by atoms with Crippen LogP contribution >= 0.6 is 0 Å². The zero-order valence-electron chi connectivity index (χ0n) is 33.0. The number of allylic oxidation sites excluding steroid dienone is 3. The summed E-state index contributed by atoms with van der Waals surface area (Å²) in [5, 5.41) is 0.320. The van der Waals surface area contributed by atoms with Gasteiger partial charge in [-0.2, -0.15) is 0 Å². The molecule has 0 saturated heterocycles. The highest BCUT2D eigenvalue weighted by Gasteiger charge is 2.50. The van der Waals surface area contributed by atoms with Crippen LogP contribution in [0, 0.1) is 35.0 Å². The molecule has 0 aromatic heterocycles. The molecule has 0 amide bonds. The van der Waals surface area contributed by atoms with Crippen LogP contribution in [-0.2, 0) is 18.3 Å². The molecule has 3 saturated carbocycles. The van der Waals surface area contributed by atoms with Crippen LogP contribution in [0.1, 0.15) is 121 Å². The normalized spacial score (nSPS) is 30.1. The van der Waals surface area contributed by atoms with Crippen molar-refractivity contribution in [3.8, 4) is 11.8 Å². The summed E-state index contributed by atoms with van der Waals surface area (Å²) in [6, 6.07) is 0. The van der Waals surface area contributed by atoms with Gasteiger partial charge in [0.2, 0.25) is 6.29 Å². The van der Waals surface area contributed by atoms with Gasteiger partial charge in [0.1, 0.15) is 0 Å². The fourth-order valence-corrected chi connectivity index (χ4v) is 10.5. The molecule has 6 heteroatoms. The van der Waals surface area contributed by atoms with Gasteiger partial charge in [-0.15, -0.1) is 0 Å². The van der Waals surface area contributed by atoms with Gasteiger partial charge >= 0.3 is 0 Å². The molecule has 6 atom stereocenters. The maximum atomic E-state index is 7.09. The molecular weight excluding hydrogens is 613 g/mol. The molecule has 3 fully saturated rings. The highest BCUT2D eigenvalue weighted by atomic mass is 28.4. The van der Waals surface area contributed by atoms with Gasteiger partial charge in [-0.3, -0.25) is 0 Å². The molecule has 0 aromatic carbocycles. The second kappa shape index (κ2) is 15.9. The second-order valence-electron chi connectivity index (χ2n) is 18.1. The summed E-state index contributed by atoms with van der Waals surface area (Å²) < 4.78 is 25.5. The lowest BCUT2D eigenvalue weighted by atomic mass is 9.61. The molecule has 4 nitrogen and oxygen atoms in total. The van der Waals surface area contributed by atoms with Crippen molar-refractivity contribution in [3.05, 3.63) is 35.5 Å². The number of ether oxygens (including phenoxy) is 2. The third-order valence-electron chi connectivity index (χ3n) is 12.7. The van der Waals surface area contributed by atoms with Gasteiger partial charge in [0, 0.05) is 26.1 Å². The van der Waals surface area contributed by atoms with E-state index in [1.807, 2.05) is 13.8 Å². The topological polar surface area (TPSA) is 36.9 Å². The van der Waals surface area contributed by atoms with Crippen LogP contribution < -0.4 is 0 Å². The Morgan fingerprint density at radius 3 is 2.11 bits per heavy atom. The Morgan fingerprint density at radius 2 is 1.53 bits per heavy atom. The van der Waals surface area contributed by atoms with Crippen LogP contribution in [0.5, 0.6) is 0 Å². The van der Waals surface area contributed by atoms with Crippen molar-refractivity contribution < 1.29 is 18.3 Å². The maximum Gasteiger partial charge on any atom is 0.222 e. The SMILES string of the molecule is C=C1/C(=C\C=C2/CCC[C@]3(C)[C@@H]([C@H](C)CC#CC(OCC)OCC)CC[C@@H]23)C[C@@H](O[Si](C)(C)C(C)(C)C)C[C@@H]1O[Si](C)(C)C(C)(C)C. The van der Waals surface area contributed by atoms with Crippen molar-refractivity contribution in [1.29, 1.82) is 0 Å². The Labute approximate surface area is 293 Å². The van der Waals surface area contributed by atoms with Crippen molar-refractivity contribution in [2.75, 3.05) is 13.2 Å². The van der Waals surface area contributed by atoms with Crippen LogP contribution in [0.4, 0.5) is 0 Å². The Hall–Kier alpha value is -0.946. The summed E-state index contributed by atoms with van der Waals surface area (Å²) in [4.78, 5) is 0. The second-order valence-corrected chi connectivity index (χ2v) is 27.6. The van der Waals surface area contributed by atoms with E-state index in [1.165, 1.54) is 43.3 Å². The Bertz CT molecular complexity index is 1180. The highest BCUT2D eigenvalue weighted by molar-refractivity contribution is 6.74. The molecular formula is C41H72O4Si2. The number of hydrogen-bond acceptors (Lipinski definition) is 4. The van der Waals surface area contributed by atoms with Crippen molar-refractivity contribution in [2.45, 2.75) is 175 Å². The molecule has 0 N–H and O–H groups in total. The zero-order valence-corrected chi connectivity index (χ0v) is 35.0. The zero-order chi connectivity index (χ0) is 35.4. The molecule has 3 aliphatic carbocycles. The first kappa shape index (κ1) is 40.5.